The van der Waals surface area contributed by atoms with Crippen LogP contribution in [0.1, 0.15) is 72.6 Å². The van der Waals surface area contributed by atoms with Gasteiger partial charge in [0, 0.05) is 5.54 Å². The molecule has 2 unspecified atom stereocenters. The van der Waals surface area contributed by atoms with Crippen molar-refractivity contribution in [1.29, 1.82) is 0 Å². The third-order valence-electron chi connectivity index (χ3n) is 4.33. The zero-order chi connectivity index (χ0) is 12.4. The van der Waals surface area contributed by atoms with Gasteiger partial charge >= 0.3 is 0 Å². The van der Waals surface area contributed by atoms with Crippen molar-refractivity contribution in [2.75, 3.05) is 0 Å². The van der Waals surface area contributed by atoms with E-state index in [-0.39, 0.29) is 5.41 Å². The van der Waals surface area contributed by atoms with Gasteiger partial charge in [-0.3, -0.25) is 0 Å². The molecule has 0 spiro atoms. The second-order valence-corrected chi connectivity index (χ2v) is 6.75. The minimum atomic E-state index is -0.663. The summed E-state index contributed by atoms with van der Waals surface area (Å²) in [5, 5.41) is 10.8. The highest BCUT2D eigenvalue weighted by Gasteiger charge is 2.48. The van der Waals surface area contributed by atoms with Crippen LogP contribution in [0.4, 0.5) is 0 Å². The highest BCUT2D eigenvalue weighted by molar-refractivity contribution is 5.04. The van der Waals surface area contributed by atoms with Crippen molar-refractivity contribution in [3.05, 3.63) is 0 Å². The van der Waals surface area contributed by atoms with Crippen LogP contribution in [0.25, 0.3) is 0 Å². The molecule has 0 heterocycles. The number of hydrogen-bond acceptors (Lipinski definition) is 2. The predicted octanol–water partition coefficient (Wildman–Crippen LogP) is 3.23. The topological polar surface area (TPSA) is 46.2 Å². The van der Waals surface area contributed by atoms with Crippen molar-refractivity contribution in [2.24, 2.45) is 11.1 Å². The molecule has 0 aliphatic heterocycles. The van der Waals surface area contributed by atoms with E-state index in [1.165, 1.54) is 6.42 Å². The van der Waals surface area contributed by atoms with Gasteiger partial charge in [-0.15, -0.1) is 0 Å². The molecule has 0 aromatic rings. The van der Waals surface area contributed by atoms with E-state index in [0.717, 1.165) is 38.5 Å². The zero-order valence-corrected chi connectivity index (χ0v) is 11.5. The maximum Gasteiger partial charge on any atom is 0.0828 e. The van der Waals surface area contributed by atoms with E-state index in [4.69, 9.17) is 5.73 Å². The summed E-state index contributed by atoms with van der Waals surface area (Å²) in [4.78, 5) is 0. The van der Waals surface area contributed by atoms with Crippen molar-refractivity contribution < 1.29 is 5.11 Å². The van der Waals surface area contributed by atoms with Crippen LogP contribution in [0.3, 0.4) is 0 Å². The fourth-order valence-corrected chi connectivity index (χ4v) is 3.09. The summed E-state index contributed by atoms with van der Waals surface area (Å²) in [6, 6.07) is 0. The van der Waals surface area contributed by atoms with Gasteiger partial charge in [-0.25, -0.2) is 0 Å². The van der Waals surface area contributed by atoms with Crippen molar-refractivity contribution in [2.45, 2.75) is 83.8 Å². The average Bonchev–Trinajstić information content (AvgIpc) is 2.12. The molecular weight excluding hydrogens is 198 g/mol. The van der Waals surface area contributed by atoms with Crippen molar-refractivity contribution >= 4 is 0 Å². The molecule has 1 fully saturated rings. The Bertz CT molecular complexity index is 235. The van der Waals surface area contributed by atoms with E-state index < -0.39 is 11.1 Å². The predicted molar refractivity (Wildman–Crippen MR) is 69.3 cm³/mol. The van der Waals surface area contributed by atoms with Crippen LogP contribution >= 0.6 is 0 Å². The Morgan fingerprint density at radius 2 is 1.94 bits per heavy atom. The van der Waals surface area contributed by atoms with Crippen LogP contribution in [0.15, 0.2) is 0 Å². The van der Waals surface area contributed by atoms with E-state index >= 15 is 0 Å². The summed E-state index contributed by atoms with van der Waals surface area (Å²) < 4.78 is 0. The maximum absolute atomic E-state index is 10.8. The molecule has 16 heavy (non-hydrogen) atoms. The molecule has 2 nitrogen and oxygen atoms in total. The normalized spacial score (nSPS) is 33.4. The third-order valence-corrected chi connectivity index (χ3v) is 4.33. The van der Waals surface area contributed by atoms with E-state index in [0.29, 0.717) is 0 Å². The van der Waals surface area contributed by atoms with E-state index in [1.807, 2.05) is 6.92 Å². The Kier molecular flexibility index (Phi) is 4.07. The van der Waals surface area contributed by atoms with E-state index in [1.54, 1.807) is 0 Å². The Hall–Kier alpha value is -0.0800. The van der Waals surface area contributed by atoms with Crippen LogP contribution in [0, 0.1) is 5.41 Å². The highest BCUT2D eigenvalue weighted by Crippen LogP contribution is 2.46. The molecule has 2 heteroatoms. The standard InChI is InChI=1S/C14H29NO/c1-5-6-9-13(4,15)14(16)10-7-8-12(2,3)11-14/h16H,5-11,15H2,1-4H3. The molecule has 96 valence electrons. The van der Waals surface area contributed by atoms with Crippen molar-refractivity contribution in [3.8, 4) is 0 Å². The van der Waals surface area contributed by atoms with Crippen molar-refractivity contribution in [3.63, 3.8) is 0 Å². The monoisotopic (exact) mass is 227 g/mol. The first-order valence-corrected chi connectivity index (χ1v) is 6.74. The van der Waals surface area contributed by atoms with Crippen LogP contribution in [0.2, 0.25) is 0 Å². The lowest BCUT2D eigenvalue weighted by Crippen LogP contribution is -2.61. The van der Waals surface area contributed by atoms with Gasteiger partial charge in [0.15, 0.2) is 0 Å². The fraction of sp³-hybridized carbons (Fsp3) is 1.00. The molecule has 1 aliphatic carbocycles. The Morgan fingerprint density at radius 3 is 2.44 bits per heavy atom. The maximum atomic E-state index is 10.8. The Morgan fingerprint density at radius 1 is 1.31 bits per heavy atom. The second-order valence-electron chi connectivity index (χ2n) is 6.75. The van der Waals surface area contributed by atoms with Gasteiger partial charge in [-0.05, 0) is 44.4 Å². The van der Waals surface area contributed by atoms with Gasteiger partial charge in [-0.2, -0.15) is 0 Å². The molecule has 0 bridgehead atoms. The summed E-state index contributed by atoms with van der Waals surface area (Å²) in [6.07, 6.45) is 7.20. The van der Waals surface area contributed by atoms with Crippen LogP contribution in [0.5, 0.6) is 0 Å². The fourth-order valence-electron chi connectivity index (χ4n) is 3.09. The Balaban J connectivity index is 2.74. The van der Waals surface area contributed by atoms with Gasteiger partial charge in [-0.1, -0.05) is 33.6 Å². The first-order valence-electron chi connectivity index (χ1n) is 6.74. The van der Waals surface area contributed by atoms with Gasteiger partial charge < -0.3 is 10.8 Å². The van der Waals surface area contributed by atoms with Gasteiger partial charge in [0.1, 0.15) is 0 Å². The van der Waals surface area contributed by atoms with Crippen molar-refractivity contribution in [1.82, 2.24) is 0 Å². The van der Waals surface area contributed by atoms with E-state index in [9.17, 15) is 5.11 Å². The number of rotatable bonds is 4. The minimum Gasteiger partial charge on any atom is -0.388 e. The van der Waals surface area contributed by atoms with Gasteiger partial charge in [0.2, 0.25) is 0 Å². The summed E-state index contributed by atoms with van der Waals surface area (Å²) >= 11 is 0. The minimum absolute atomic E-state index is 0.236. The number of nitrogens with two attached hydrogens (primary N) is 1. The lowest BCUT2D eigenvalue weighted by molar-refractivity contribution is -0.0932. The number of unbranched alkanes of at least 4 members (excludes halogenated alkanes) is 1. The second kappa shape index (κ2) is 4.66. The molecule has 1 saturated carbocycles. The molecule has 0 radical (unpaired) electrons. The summed E-state index contributed by atoms with van der Waals surface area (Å²) in [5.74, 6) is 0. The summed E-state index contributed by atoms with van der Waals surface area (Å²) in [7, 11) is 0. The quantitative estimate of drug-likeness (QED) is 0.774. The first kappa shape index (κ1) is 14.0. The first-order chi connectivity index (χ1) is 7.22. The summed E-state index contributed by atoms with van der Waals surface area (Å²) in [5.41, 5.74) is 5.53. The molecule has 1 rings (SSSR count). The van der Waals surface area contributed by atoms with Crippen LogP contribution in [-0.4, -0.2) is 16.2 Å². The largest absolute Gasteiger partial charge is 0.388 e. The Labute approximate surface area is 101 Å². The average molecular weight is 227 g/mol. The highest BCUT2D eigenvalue weighted by atomic mass is 16.3. The lowest BCUT2D eigenvalue weighted by atomic mass is 9.62. The molecule has 0 aromatic carbocycles. The molecule has 2 atom stereocenters. The zero-order valence-electron chi connectivity index (χ0n) is 11.5. The molecule has 0 aromatic heterocycles. The van der Waals surface area contributed by atoms with Gasteiger partial charge in [0.25, 0.3) is 0 Å². The van der Waals surface area contributed by atoms with Gasteiger partial charge in [0.05, 0.1) is 5.60 Å². The molecule has 0 saturated heterocycles. The smallest absolute Gasteiger partial charge is 0.0828 e. The number of hydrogen-bond donors (Lipinski definition) is 2. The number of aliphatic hydroxyl groups is 1. The lowest BCUT2D eigenvalue weighted by Gasteiger charge is -2.50. The SMILES string of the molecule is CCCCC(C)(N)C1(O)CCCC(C)(C)C1. The molecule has 1 aliphatic rings. The van der Waals surface area contributed by atoms with Crippen LogP contribution in [-0.2, 0) is 0 Å². The third kappa shape index (κ3) is 2.98. The van der Waals surface area contributed by atoms with Crippen LogP contribution < -0.4 is 5.73 Å². The molecule has 0 amide bonds. The molecular formula is C14H29NO. The van der Waals surface area contributed by atoms with E-state index in [2.05, 4.69) is 20.8 Å². The molecule has 3 N–H and O–H groups in total. The summed E-state index contributed by atoms with van der Waals surface area (Å²) in [6.45, 7) is 8.69.